The monoisotopic (exact) mass is 397 g/mol. The zero-order valence-corrected chi connectivity index (χ0v) is 16.5. The van der Waals surface area contributed by atoms with Crippen LogP contribution in [0.3, 0.4) is 0 Å². The minimum Gasteiger partial charge on any atom is -0.493 e. The molecule has 0 saturated heterocycles. The summed E-state index contributed by atoms with van der Waals surface area (Å²) in [7, 11) is 1.60. The number of methoxy groups -OCH3 is 1. The van der Waals surface area contributed by atoms with E-state index in [0.29, 0.717) is 23.8 Å². The fraction of sp³-hybridized carbons (Fsp3) is 0.143. The lowest BCUT2D eigenvalue weighted by atomic mass is 10.1. The second kappa shape index (κ2) is 9.48. The molecule has 0 spiro atoms. The van der Waals surface area contributed by atoms with Crippen molar-refractivity contribution in [3.05, 3.63) is 78.0 Å². The number of aliphatic imine (C=N–C) groups is 1. The van der Waals surface area contributed by atoms with E-state index in [9.17, 15) is 4.79 Å². The highest BCUT2D eigenvalue weighted by Crippen LogP contribution is 2.33. The van der Waals surface area contributed by atoms with Crippen LogP contribution >= 0.6 is 23.5 Å². The minimum atomic E-state index is -0.0510. The molecule has 0 atom stereocenters. The maximum atomic E-state index is 12.1. The molecule has 0 bridgehead atoms. The standard InChI is InChI=1S/C21H19NO3S2/c1-3-11-26-21-22-17(20(23)27-21)12-16-9-10-18(19(13-16)24-2)25-14-15-7-5-4-6-8-15/h3-10,12-13H,1,11,14H2,2H3/b17-12+. The van der Waals surface area contributed by atoms with E-state index in [1.807, 2.05) is 48.5 Å². The van der Waals surface area contributed by atoms with Crippen LogP contribution in [0.4, 0.5) is 0 Å². The first-order valence-corrected chi connectivity index (χ1v) is 10.1. The Hall–Kier alpha value is -2.44. The maximum Gasteiger partial charge on any atom is 0.244 e. The molecular formula is C21H19NO3S2. The first-order chi connectivity index (χ1) is 13.2. The van der Waals surface area contributed by atoms with Gasteiger partial charge in [-0.25, -0.2) is 4.99 Å². The van der Waals surface area contributed by atoms with E-state index in [4.69, 9.17) is 9.47 Å². The molecule has 0 N–H and O–H groups in total. The number of carbonyl (C=O) groups excluding carboxylic acids is 1. The number of hydrogen-bond donors (Lipinski definition) is 0. The number of nitrogens with zero attached hydrogens (tertiary/aromatic N) is 1. The van der Waals surface area contributed by atoms with Gasteiger partial charge in [-0.2, -0.15) is 0 Å². The highest BCUT2D eigenvalue weighted by molar-refractivity contribution is 8.45. The molecule has 0 fully saturated rings. The SMILES string of the molecule is C=CCSC1=N/C(=C/c2ccc(OCc3ccccc3)c(OC)c2)C(=O)S1. The second-order valence-corrected chi connectivity index (χ2v) is 7.81. The lowest BCUT2D eigenvalue weighted by Gasteiger charge is -2.11. The zero-order valence-electron chi connectivity index (χ0n) is 14.9. The molecule has 1 heterocycles. The van der Waals surface area contributed by atoms with Gasteiger partial charge < -0.3 is 9.47 Å². The van der Waals surface area contributed by atoms with Crippen LogP contribution in [0.15, 0.2) is 71.9 Å². The molecule has 3 rings (SSSR count). The van der Waals surface area contributed by atoms with E-state index >= 15 is 0 Å². The van der Waals surface area contributed by atoms with E-state index in [2.05, 4.69) is 11.6 Å². The predicted molar refractivity (Wildman–Crippen MR) is 114 cm³/mol. The summed E-state index contributed by atoms with van der Waals surface area (Å²) in [6.07, 6.45) is 3.55. The van der Waals surface area contributed by atoms with E-state index in [1.54, 1.807) is 19.3 Å². The third-order valence-corrected chi connectivity index (χ3v) is 5.66. The van der Waals surface area contributed by atoms with Crippen molar-refractivity contribution in [1.82, 2.24) is 0 Å². The molecule has 1 aliphatic rings. The van der Waals surface area contributed by atoms with E-state index < -0.39 is 0 Å². The van der Waals surface area contributed by atoms with Gasteiger partial charge in [0.2, 0.25) is 5.12 Å². The van der Waals surface area contributed by atoms with Crippen LogP contribution in [-0.2, 0) is 11.4 Å². The Morgan fingerprint density at radius 3 is 2.74 bits per heavy atom. The topological polar surface area (TPSA) is 47.9 Å². The molecule has 0 radical (unpaired) electrons. The number of ether oxygens (including phenoxy) is 2. The van der Waals surface area contributed by atoms with Crippen LogP contribution in [0.1, 0.15) is 11.1 Å². The van der Waals surface area contributed by atoms with Gasteiger partial charge >= 0.3 is 0 Å². The average Bonchev–Trinajstić information content (AvgIpc) is 3.05. The molecule has 0 amide bonds. The lowest BCUT2D eigenvalue weighted by Crippen LogP contribution is -1.98. The third kappa shape index (κ3) is 5.28. The number of carbonyl (C=O) groups is 1. The summed E-state index contributed by atoms with van der Waals surface area (Å²) in [6.45, 7) is 4.14. The second-order valence-electron chi connectivity index (χ2n) is 5.58. The van der Waals surface area contributed by atoms with Gasteiger partial charge in [0.1, 0.15) is 16.7 Å². The number of benzene rings is 2. The highest BCUT2D eigenvalue weighted by Gasteiger charge is 2.22. The van der Waals surface area contributed by atoms with E-state index in [1.165, 1.54) is 11.8 Å². The van der Waals surface area contributed by atoms with Crippen molar-refractivity contribution < 1.29 is 14.3 Å². The number of rotatable bonds is 7. The molecular weight excluding hydrogens is 378 g/mol. The molecule has 2 aromatic carbocycles. The van der Waals surface area contributed by atoms with Gasteiger partial charge in [-0.1, -0.05) is 54.2 Å². The Morgan fingerprint density at radius 2 is 2.00 bits per heavy atom. The van der Waals surface area contributed by atoms with Crippen molar-refractivity contribution in [2.24, 2.45) is 4.99 Å². The largest absolute Gasteiger partial charge is 0.493 e. The molecule has 4 nitrogen and oxygen atoms in total. The Morgan fingerprint density at radius 1 is 1.19 bits per heavy atom. The molecule has 27 heavy (non-hydrogen) atoms. The number of hydrogen-bond acceptors (Lipinski definition) is 6. The van der Waals surface area contributed by atoms with Crippen molar-refractivity contribution >= 4 is 39.1 Å². The van der Waals surface area contributed by atoms with Crippen molar-refractivity contribution in [2.75, 3.05) is 12.9 Å². The van der Waals surface area contributed by atoms with Crippen LogP contribution in [0.25, 0.3) is 6.08 Å². The Labute approximate surface area is 167 Å². The third-order valence-electron chi connectivity index (χ3n) is 3.65. The van der Waals surface area contributed by atoms with Gasteiger partial charge in [0.15, 0.2) is 11.5 Å². The zero-order chi connectivity index (χ0) is 19.1. The molecule has 0 aromatic heterocycles. The molecule has 138 valence electrons. The lowest BCUT2D eigenvalue weighted by molar-refractivity contribution is -0.107. The average molecular weight is 398 g/mol. The molecule has 0 unspecified atom stereocenters. The highest BCUT2D eigenvalue weighted by atomic mass is 32.2. The van der Waals surface area contributed by atoms with Gasteiger partial charge in [-0.3, -0.25) is 4.79 Å². The summed E-state index contributed by atoms with van der Waals surface area (Å²) in [4.78, 5) is 16.5. The Bertz CT molecular complexity index is 892. The molecule has 1 aliphatic heterocycles. The molecule has 2 aromatic rings. The first-order valence-electron chi connectivity index (χ1n) is 8.30. The van der Waals surface area contributed by atoms with E-state index in [-0.39, 0.29) is 5.12 Å². The molecule has 0 saturated carbocycles. The van der Waals surface area contributed by atoms with Crippen molar-refractivity contribution in [2.45, 2.75) is 6.61 Å². The normalized spacial score (nSPS) is 14.9. The van der Waals surface area contributed by atoms with Crippen LogP contribution in [0, 0.1) is 0 Å². The summed E-state index contributed by atoms with van der Waals surface area (Å²) in [5.41, 5.74) is 2.35. The van der Waals surface area contributed by atoms with Gasteiger partial charge in [0, 0.05) is 5.75 Å². The van der Waals surface area contributed by atoms with Crippen molar-refractivity contribution in [1.29, 1.82) is 0 Å². The van der Waals surface area contributed by atoms with Gasteiger partial charge in [-0.05, 0) is 41.1 Å². The maximum absolute atomic E-state index is 12.1. The van der Waals surface area contributed by atoms with E-state index in [0.717, 1.165) is 33.0 Å². The van der Waals surface area contributed by atoms with Crippen LogP contribution in [0.2, 0.25) is 0 Å². The fourth-order valence-electron chi connectivity index (χ4n) is 2.37. The quantitative estimate of drug-likeness (QED) is 0.477. The number of thioether (sulfide) groups is 2. The Balaban J connectivity index is 1.74. The van der Waals surface area contributed by atoms with Crippen molar-refractivity contribution in [3.63, 3.8) is 0 Å². The molecule has 6 heteroatoms. The summed E-state index contributed by atoms with van der Waals surface area (Å²) >= 11 is 2.66. The van der Waals surface area contributed by atoms with Crippen molar-refractivity contribution in [3.8, 4) is 11.5 Å². The van der Waals surface area contributed by atoms with Gasteiger partial charge in [-0.15, -0.1) is 6.58 Å². The smallest absolute Gasteiger partial charge is 0.244 e. The minimum absolute atomic E-state index is 0.0510. The van der Waals surface area contributed by atoms with Crippen LogP contribution < -0.4 is 9.47 Å². The Kier molecular flexibility index (Phi) is 6.79. The van der Waals surface area contributed by atoms with Crippen LogP contribution in [-0.4, -0.2) is 22.4 Å². The van der Waals surface area contributed by atoms with Crippen LogP contribution in [0.5, 0.6) is 11.5 Å². The molecule has 0 aliphatic carbocycles. The fourth-order valence-corrected chi connectivity index (χ4v) is 3.97. The summed E-state index contributed by atoms with van der Waals surface area (Å²) in [6, 6.07) is 15.5. The summed E-state index contributed by atoms with van der Waals surface area (Å²) in [5, 5.41) is -0.0510. The summed E-state index contributed by atoms with van der Waals surface area (Å²) < 4.78 is 12.1. The van der Waals surface area contributed by atoms with Gasteiger partial charge in [0.05, 0.1) is 7.11 Å². The first kappa shape index (κ1) is 19.3. The van der Waals surface area contributed by atoms with Gasteiger partial charge in [0.25, 0.3) is 0 Å². The summed E-state index contributed by atoms with van der Waals surface area (Å²) in [5.74, 6) is 2.00. The predicted octanol–water partition coefficient (Wildman–Crippen LogP) is 5.16.